The molecule has 0 spiro atoms. The number of aromatic amines is 1. The fourth-order valence-electron chi connectivity index (χ4n) is 1.78. The van der Waals surface area contributed by atoms with Gasteiger partial charge in [-0.1, -0.05) is 0 Å². The number of rotatable bonds is 1. The maximum atomic E-state index is 11.8. The molecule has 0 saturated carbocycles. The molecule has 1 aromatic carbocycles. The zero-order valence-corrected chi connectivity index (χ0v) is 8.79. The lowest BCUT2D eigenvalue weighted by Crippen LogP contribution is -2.14. The fraction of sp³-hybridized carbons (Fsp3) is 0. The Hall–Kier alpha value is -2.56. The molecule has 0 radical (unpaired) electrons. The van der Waals surface area contributed by atoms with Crippen molar-refractivity contribution in [2.45, 2.75) is 0 Å². The minimum absolute atomic E-state index is 0.162. The molecule has 2 heterocycles. The second kappa shape index (κ2) is 3.48. The molecule has 0 amide bonds. The number of nitrogens with one attached hydrogen (secondary N) is 1. The summed E-state index contributed by atoms with van der Waals surface area (Å²) < 4.78 is 1.47. The van der Waals surface area contributed by atoms with Gasteiger partial charge in [-0.25, -0.2) is 14.3 Å². The van der Waals surface area contributed by atoms with E-state index in [1.165, 1.54) is 16.7 Å². The number of aromatic nitrogens is 3. The molecule has 0 fully saturated rings. The van der Waals surface area contributed by atoms with Gasteiger partial charge >= 0.3 is 5.69 Å². The molecule has 3 rings (SSSR count). The smallest absolute Gasteiger partial charge is 0.332 e. The Kier molecular flexibility index (Phi) is 1.98. The van der Waals surface area contributed by atoms with Crippen LogP contribution in [-0.2, 0) is 0 Å². The third-order valence-electron chi connectivity index (χ3n) is 2.55. The molecule has 2 N–H and O–H groups in total. The monoisotopic (exact) mass is 227 g/mol. The van der Waals surface area contributed by atoms with Gasteiger partial charge in [-0.05, 0) is 36.4 Å². The largest absolute Gasteiger partial charge is 0.508 e. The van der Waals surface area contributed by atoms with Crippen molar-refractivity contribution < 1.29 is 5.11 Å². The van der Waals surface area contributed by atoms with Gasteiger partial charge in [0.2, 0.25) is 0 Å². The summed E-state index contributed by atoms with van der Waals surface area (Å²) >= 11 is 0. The summed E-state index contributed by atoms with van der Waals surface area (Å²) in [5, 5.41) is 9.23. The number of nitrogens with zero attached hydrogens (tertiary/aromatic N) is 2. The topological polar surface area (TPSA) is 70.9 Å². The molecule has 84 valence electrons. The molecule has 0 saturated heterocycles. The van der Waals surface area contributed by atoms with Gasteiger partial charge in [-0.3, -0.25) is 0 Å². The van der Waals surface area contributed by atoms with Gasteiger partial charge in [-0.15, -0.1) is 0 Å². The lowest BCUT2D eigenvalue weighted by Gasteiger charge is -2.02. The van der Waals surface area contributed by atoms with Crippen LogP contribution in [0.5, 0.6) is 5.75 Å². The van der Waals surface area contributed by atoms with Gasteiger partial charge in [-0.2, -0.15) is 0 Å². The molecular formula is C12H9N3O2. The highest BCUT2D eigenvalue weighted by Gasteiger charge is 2.08. The summed E-state index contributed by atoms with van der Waals surface area (Å²) in [6.07, 6.45) is 1.63. The summed E-state index contributed by atoms with van der Waals surface area (Å²) in [4.78, 5) is 18.7. The Bertz CT molecular complexity index is 725. The average Bonchev–Trinajstić information content (AvgIpc) is 2.66. The third-order valence-corrected chi connectivity index (χ3v) is 2.55. The Morgan fingerprint density at radius 1 is 1.18 bits per heavy atom. The van der Waals surface area contributed by atoms with Gasteiger partial charge in [0.25, 0.3) is 0 Å². The number of aromatic hydroxyl groups is 1. The van der Waals surface area contributed by atoms with Crippen LogP contribution in [0.1, 0.15) is 0 Å². The second-order valence-corrected chi connectivity index (χ2v) is 3.66. The van der Waals surface area contributed by atoms with Crippen LogP contribution in [0.25, 0.3) is 16.9 Å². The van der Waals surface area contributed by atoms with Crippen LogP contribution >= 0.6 is 0 Å². The number of hydrogen-bond donors (Lipinski definition) is 2. The van der Waals surface area contributed by atoms with Crippen LogP contribution in [0.4, 0.5) is 0 Å². The van der Waals surface area contributed by atoms with Crippen LogP contribution in [0, 0.1) is 0 Å². The van der Waals surface area contributed by atoms with Crippen molar-refractivity contribution in [2.24, 2.45) is 0 Å². The summed E-state index contributed by atoms with van der Waals surface area (Å²) in [6, 6.07) is 9.95. The first-order chi connectivity index (χ1) is 8.25. The standard InChI is InChI=1S/C12H9N3O2/c16-9-5-3-8(4-6-9)15-11-10(14-12(15)17)2-1-7-13-11/h1-7,16H,(H,14,17). The van der Waals surface area contributed by atoms with Crippen molar-refractivity contribution in [3.05, 3.63) is 53.1 Å². The normalized spacial score (nSPS) is 10.8. The van der Waals surface area contributed by atoms with Gasteiger partial charge in [0, 0.05) is 6.20 Å². The number of benzene rings is 1. The van der Waals surface area contributed by atoms with Gasteiger partial charge in [0.1, 0.15) is 5.75 Å². The number of pyridine rings is 1. The summed E-state index contributed by atoms with van der Waals surface area (Å²) in [5.41, 5.74) is 1.68. The van der Waals surface area contributed by atoms with Crippen LogP contribution in [0.15, 0.2) is 47.4 Å². The molecule has 0 aliphatic rings. The van der Waals surface area contributed by atoms with E-state index in [2.05, 4.69) is 9.97 Å². The summed E-state index contributed by atoms with van der Waals surface area (Å²) in [6.45, 7) is 0. The minimum Gasteiger partial charge on any atom is -0.508 e. The number of imidazole rings is 1. The number of hydrogen-bond acceptors (Lipinski definition) is 3. The fourth-order valence-corrected chi connectivity index (χ4v) is 1.78. The molecule has 0 bridgehead atoms. The Labute approximate surface area is 96.0 Å². The highest BCUT2D eigenvalue weighted by Crippen LogP contribution is 2.15. The molecule has 0 atom stereocenters. The Morgan fingerprint density at radius 3 is 2.71 bits per heavy atom. The highest BCUT2D eigenvalue weighted by molar-refractivity contribution is 5.72. The summed E-state index contributed by atoms with van der Waals surface area (Å²) in [7, 11) is 0. The van der Waals surface area contributed by atoms with E-state index in [-0.39, 0.29) is 11.4 Å². The van der Waals surface area contributed by atoms with E-state index >= 15 is 0 Å². The van der Waals surface area contributed by atoms with E-state index < -0.39 is 0 Å². The van der Waals surface area contributed by atoms with Crippen molar-refractivity contribution in [2.75, 3.05) is 0 Å². The first kappa shape index (κ1) is 9.65. The van der Waals surface area contributed by atoms with E-state index in [1.54, 1.807) is 30.5 Å². The molecule has 17 heavy (non-hydrogen) atoms. The van der Waals surface area contributed by atoms with E-state index in [9.17, 15) is 9.90 Å². The van der Waals surface area contributed by atoms with Crippen molar-refractivity contribution in [1.29, 1.82) is 0 Å². The van der Waals surface area contributed by atoms with Crippen LogP contribution in [-0.4, -0.2) is 19.6 Å². The SMILES string of the molecule is O=c1[nH]c2cccnc2n1-c1ccc(O)cc1. The van der Waals surface area contributed by atoms with E-state index in [1.807, 2.05) is 0 Å². The van der Waals surface area contributed by atoms with E-state index in [0.29, 0.717) is 16.9 Å². The number of fused-ring (bicyclic) bond motifs is 1. The van der Waals surface area contributed by atoms with Gasteiger partial charge in [0.05, 0.1) is 11.2 Å². The maximum absolute atomic E-state index is 11.8. The lowest BCUT2D eigenvalue weighted by atomic mass is 10.3. The second-order valence-electron chi connectivity index (χ2n) is 3.66. The first-order valence-electron chi connectivity index (χ1n) is 5.11. The molecule has 5 nitrogen and oxygen atoms in total. The van der Waals surface area contributed by atoms with Crippen molar-refractivity contribution in [3.8, 4) is 11.4 Å². The zero-order chi connectivity index (χ0) is 11.8. The first-order valence-corrected chi connectivity index (χ1v) is 5.11. The molecule has 0 aliphatic heterocycles. The summed E-state index contributed by atoms with van der Waals surface area (Å²) in [5.74, 6) is 0.162. The number of phenols is 1. The van der Waals surface area contributed by atoms with E-state index in [0.717, 1.165) is 0 Å². The highest BCUT2D eigenvalue weighted by atomic mass is 16.3. The Morgan fingerprint density at radius 2 is 1.94 bits per heavy atom. The van der Waals surface area contributed by atoms with Crippen molar-refractivity contribution in [3.63, 3.8) is 0 Å². The molecular weight excluding hydrogens is 218 g/mol. The number of phenolic OH excluding ortho intramolecular Hbond substituents is 1. The van der Waals surface area contributed by atoms with Crippen LogP contribution in [0.3, 0.4) is 0 Å². The molecule has 0 unspecified atom stereocenters. The van der Waals surface area contributed by atoms with Gasteiger partial charge < -0.3 is 10.1 Å². The lowest BCUT2D eigenvalue weighted by molar-refractivity contribution is 0.475. The molecule has 5 heteroatoms. The van der Waals surface area contributed by atoms with Crippen molar-refractivity contribution in [1.82, 2.24) is 14.5 Å². The average molecular weight is 227 g/mol. The molecule has 0 aliphatic carbocycles. The van der Waals surface area contributed by atoms with Crippen molar-refractivity contribution >= 4 is 11.2 Å². The molecule has 3 aromatic rings. The quantitative estimate of drug-likeness (QED) is 0.660. The van der Waals surface area contributed by atoms with Crippen LogP contribution < -0.4 is 5.69 Å². The van der Waals surface area contributed by atoms with E-state index in [4.69, 9.17) is 0 Å². The predicted molar refractivity (Wildman–Crippen MR) is 63.4 cm³/mol. The number of H-pyrrole nitrogens is 1. The van der Waals surface area contributed by atoms with Gasteiger partial charge in [0.15, 0.2) is 5.65 Å². The molecule has 2 aromatic heterocycles. The minimum atomic E-state index is -0.246. The Balaban J connectivity index is 2.33. The van der Waals surface area contributed by atoms with Crippen LogP contribution in [0.2, 0.25) is 0 Å². The maximum Gasteiger partial charge on any atom is 0.332 e. The third kappa shape index (κ3) is 1.48. The predicted octanol–water partition coefficient (Wildman–Crippen LogP) is 1.42. The zero-order valence-electron chi connectivity index (χ0n) is 8.79.